The number of halogens is 1. The van der Waals surface area contributed by atoms with Crippen molar-refractivity contribution >= 4 is 35.0 Å². The zero-order chi connectivity index (χ0) is 28.7. The number of likely N-dealkylation sites (tertiary alicyclic amines) is 1. The normalized spacial score (nSPS) is 36.4. The summed E-state index contributed by atoms with van der Waals surface area (Å²) in [7, 11) is 0. The Balaban J connectivity index is 1.25. The molecular formula is C31H41ClN4O5. The highest BCUT2D eigenvalue weighted by Crippen LogP contribution is 2.55. The van der Waals surface area contributed by atoms with E-state index in [1.54, 1.807) is 29.2 Å². The fourth-order valence-corrected chi connectivity index (χ4v) is 7.83. The summed E-state index contributed by atoms with van der Waals surface area (Å²) in [6, 6.07) is 6.18. The summed E-state index contributed by atoms with van der Waals surface area (Å²) in [5, 5.41) is 6.77. The van der Waals surface area contributed by atoms with Crippen molar-refractivity contribution in [3.05, 3.63) is 41.4 Å². The molecule has 0 aromatic heterocycles. The fraction of sp³-hybridized carbons (Fsp3) is 0.645. The maximum atomic E-state index is 14.2. The van der Waals surface area contributed by atoms with Crippen LogP contribution in [0.2, 0.25) is 5.02 Å². The summed E-state index contributed by atoms with van der Waals surface area (Å²) < 4.78 is 12.0. The van der Waals surface area contributed by atoms with E-state index in [9.17, 15) is 14.4 Å². The molecule has 1 spiro atoms. The van der Waals surface area contributed by atoms with Crippen LogP contribution in [-0.2, 0) is 23.9 Å². The van der Waals surface area contributed by atoms with Crippen molar-refractivity contribution in [3.8, 4) is 0 Å². The van der Waals surface area contributed by atoms with E-state index < -0.39 is 29.6 Å². The maximum Gasteiger partial charge on any atom is 0.246 e. The van der Waals surface area contributed by atoms with Crippen molar-refractivity contribution in [1.82, 2.24) is 15.1 Å². The van der Waals surface area contributed by atoms with E-state index in [4.69, 9.17) is 21.1 Å². The highest BCUT2D eigenvalue weighted by molar-refractivity contribution is 6.30. The molecule has 5 aliphatic rings. The highest BCUT2D eigenvalue weighted by atomic mass is 35.5. The van der Waals surface area contributed by atoms with Gasteiger partial charge in [0.05, 0.1) is 31.2 Å². The van der Waals surface area contributed by atoms with Gasteiger partial charge < -0.3 is 25.0 Å². The molecule has 4 heterocycles. The molecule has 1 aliphatic carbocycles. The molecule has 4 fully saturated rings. The van der Waals surface area contributed by atoms with Crippen molar-refractivity contribution in [2.45, 2.75) is 63.3 Å². The van der Waals surface area contributed by atoms with Gasteiger partial charge in [0.15, 0.2) is 0 Å². The molecule has 8 atom stereocenters. The second-order valence-electron chi connectivity index (χ2n) is 12.4. The summed E-state index contributed by atoms with van der Waals surface area (Å²) in [5.74, 6) is -1.30. The molecule has 222 valence electrons. The molecule has 1 aromatic rings. The van der Waals surface area contributed by atoms with Crippen LogP contribution in [0.25, 0.3) is 0 Å². The number of hydrogen-bond acceptors (Lipinski definition) is 6. The van der Waals surface area contributed by atoms with Gasteiger partial charge in [-0.25, -0.2) is 0 Å². The number of amides is 3. The van der Waals surface area contributed by atoms with E-state index in [-0.39, 0.29) is 23.8 Å². The van der Waals surface area contributed by atoms with Gasteiger partial charge >= 0.3 is 0 Å². The largest absolute Gasteiger partial charge is 0.379 e. The minimum absolute atomic E-state index is 0.0523. The van der Waals surface area contributed by atoms with E-state index in [0.717, 1.165) is 45.3 Å². The lowest BCUT2D eigenvalue weighted by atomic mass is 9.73. The summed E-state index contributed by atoms with van der Waals surface area (Å²) in [5.41, 5.74) is -0.601. The van der Waals surface area contributed by atoms with Gasteiger partial charge in [0.2, 0.25) is 17.7 Å². The lowest BCUT2D eigenvalue weighted by Crippen LogP contribution is -2.58. The lowest BCUT2D eigenvalue weighted by molar-refractivity contribution is -0.141. The predicted molar refractivity (Wildman–Crippen MR) is 155 cm³/mol. The van der Waals surface area contributed by atoms with Crippen molar-refractivity contribution in [2.24, 2.45) is 23.7 Å². The van der Waals surface area contributed by atoms with E-state index in [1.807, 2.05) is 12.2 Å². The minimum Gasteiger partial charge on any atom is -0.379 e. The van der Waals surface area contributed by atoms with Crippen LogP contribution in [0.1, 0.15) is 39.5 Å². The minimum atomic E-state index is -1.16. The van der Waals surface area contributed by atoms with Crippen molar-refractivity contribution < 1.29 is 23.9 Å². The van der Waals surface area contributed by atoms with Crippen LogP contribution >= 0.6 is 11.6 Å². The smallest absolute Gasteiger partial charge is 0.246 e. The highest BCUT2D eigenvalue weighted by Gasteiger charge is 2.72. The number of morpholine rings is 1. The monoisotopic (exact) mass is 584 g/mol. The fourth-order valence-electron chi connectivity index (χ4n) is 7.64. The van der Waals surface area contributed by atoms with Gasteiger partial charge in [-0.05, 0) is 42.9 Å². The molecule has 3 saturated heterocycles. The van der Waals surface area contributed by atoms with Gasteiger partial charge in [0.25, 0.3) is 0 Å². The van der Waals surface area contributed by atoms with Crippen molar-refractivity contribution in [2.75, 3.05) is 44.7 Å². The third-order valence-corrected chi connectivity index (χ3v) is 10.3. The van der Waals surface area contributed by atoms with E-state index >= 15 is 0 Å². The van der Waals surface area contributed by atoms with Crippen molar-refractivity contribution in [3.63, 3.8) is 0 Å². The Kier molecular flexibility index (Phi) is 8.15. The SMILES string of the molecule is CC1CCCC(NC(=O)C2N(CCCN3CCOCC3)C(=O)C3C(C(=O)Nc4cccc(Cl)c4)C4C=CC32O4)C1C. The number of carbonyl (C=O) groups excluding carboxylic acids is 3. The van der Waals surface area contributed by atoms with Gasteiger partial charge in [-0.15, -0.1) is 0 Å². The molecule has 10 heteroatoms. The Morgan fingerprint density at radius 1 is 1.12 bits per heavy atom. The molecule has 2 N–H and O–H groups in total. The average Bonchev–Trinajstić information content (AvgIpc) is 3.59. The Morgan fingerprint density at radius 3 is 2.71 bits per heavy atom. The first-order valence-electron chi connectivity index (χ1n) is 15.1. The second-order valence-corrected chi connectivity index (χ2v) is 12.9. The number of benzene rings is 1. The summed E-state index contributed by atoms with van der Waals surface area (Å²) in [6.45, 7) is 8.82. The van der Waals surface area contributed by atoms with Gasteiger partial charge in [0, 0.05) is 42.9 Å². The number of nitrogens with zero attached hydrogens (tertiary/aromatic N) is 2. The molecule has 1 aromatic carbocycles. The van der Waals surface area contributed by atoms with Crippen LogP contribution in [0.15, 0.2) is 36.4 Å². The standard InChI is InChI=1S/C31H41ClN4O5/c1-19-6-3-9-23(20(19)2)34-29(38)27-31-11-10-24(41-31)25(28(37)33-22-8-4-7-21(32)18-22)26(31)30(39)36(27)13-5-12-35-14-16-40-17-15-35/h4,7-8,10-11,18-20,23-27H,3,5-6,9,12-17H2,1-2H3,(H,33,37)(H,34,38). The van der Waals surface area contributed by atoms with E-state index in [1.165, 1.54) is 0 Å². The number of carbonyl (C=O) groups is 3. The molecule has 9 nitrogen and oxygen atoms in total. The third kappa shape index (κ3) is 5.31. The number of rotatable bonds is 8. The maximum absolute atomic E-state index is 14.2. The molecular weight excluding hydrogens is 544 g/mol. The number of anilines is 1. The number of nitrogens with one attached hydrogen (secondary N) is 2. The van der Waals surface area contributed by atoms with Crippen LogP contribution in [0.5, 0.6) is 0 Å². The zero-order valence-electron chi connectivity index (χ0n) is 23.9. The second kappa shape index (κ2) is 11.7. The Hall–Kier alpha value is -2.46. The predicted octanol–water partition coefficient (Wildman–Crippen LogP) is 3.09. The molecule has 8 unspecified atom stereocenters. The quantitative estimate of drug-likeness (QED) is 0.456. The number of ether oxygens (including phenoxy) is 2. The van der Waals surface area contributed by atoms with Gasteiger partial charge in [-0.3, -0.25) is 19.3 Å². The van der Waals surface area contributed by atoms with E-state index in [0.29, 0.717) is 42.3 Å². The van der Waals surface area contributed by atoms with Crippen LogP contribution in [-0.4, -0.2) is 90.7 Å². The third-order valence-electron chi connectivity index (χ3n) is 10.0. The molecule has 1 saturated carbocycles. The average molecular weight is 585 g/mol. The molecule has 41 heavy (non-hydrogen) atoms. The summed E-state index contributed by atoms with van der Waals surface area (Å²) in [4.78, 5) is 46.0. The van der Waals surface area contributed by atoms with Gasteiger partial charge in [0.1, 0.15) is 11.6 Å². The molecule has 0 radical (unpaired) electrons. The first-order valence-corrected chi connectivity index (χ1v) is 15.5. The molecule has 2 bridgehead atoms. The Labute approximate surface area is 246 Å². The van der Waals surface area contributed by atoms with Crippen LogP contribution in [0.4, 0.5) is 5.69 Å². The van der Waals surface area contributed by atoms with Gasteiger partial charge in [-0.1, -0.05) is 56.5 Å². The van der Waals surface area contributed by atoms with Crippen LogP contribution < -0.4 is 10.6 Å². The van der Waals surface area contributed by atoms with Crippen molar-refractivity contribution in [1.29, 1.82) is 0 Å². The first-order chi connectivity index (χ1) is 19.8. The number of fused-ring (bicyclic) bond motifs is 1. The number of hydrogen-bond donors (Lipinski definition) is 2. The molecule has 6 rings (SSSR count). The zero-order valence-corrected chi connectivity index (χ0v) is 24.6. The van der Waals surface area contributed by atoms with Crippen LogP contribution in [0, 0.1) is 23.7 Å². The first kappa shape index (κ1) is 28.6. The Bertz CT molecular complexity index is 1200. The molecule has 3 amide bonds. The lowest BCUT2D eigenvalue weighted by Gasteiger charge is -2.38. The summed E-state index contributed by atoms with van der Waals surface area (Å²) >= 11 is 6.14. The molecule has 4 aliphatic heterocycles. The Morgan fingerprint density at radius 2 is 1.93 bits per heavy atom. The van der Waals surface area contributed by atoms with Gasteiger partial charge in [-0.2, -0.15) is 0 Å². The topological polar surface area (TPSA) is 100 Å². The summed E-state index contributed by atoms with van der Waals surface area (Å²) in [6.07, 6.45) is 7.05. The van der Waals surface area contributed by atoms with Crippen LogP contribution in [0.3, 0.4) is 0 Å². The van der Waals surface area contributed by atoms with E-state index in [2.05, 4.69) is 29.4 Å².